The zero-order valence-electron chi connectivity index (χ0n) is 14.3. The van der Waals surface area contributed by atoms with Gasteiger partial charge in [0.2, 0.25) is 0 Å². The van der Waals surface area contributed by atoms with E-state index in [-0.39, 0.29) is 6.61 Å². The first-order valence-corrected chi connectivity index (χ1v) is 8.27. The number of aliphatic hydroxyl groups is 1. The van der Waals surface area contributed by atoms with Crippen molar-refractivity contribution < 1.29 is 19.4 Å². The number of anilines is 1. The van der Waals surface area contributed by atoms with Crippen LogP contribution in [0.5, 0.6) is 0 Å². The van der Waals surface area contributed by atoms with Gasteiger partial charge in [0.1, 0.15) is 0 Å². The summed E-state index contributed by atoms with van der Waals surface area (Å²) < 4.78 is 5.22. The van der Waals surface area contributed by atoms with Crippen LogP contribution in [0.3, 0.4) is 0 Å². The third-order valence-corrected chi connectivity index (χ3v) is 4.04. The van der Waals surface area contributed by atoms with E-state index in [1.165, 1.54) is 6.92 Å². The van der Waals surface area contributed by atoms with Gasteiger partial charge in [-0.2, -0.15) is 0 Å². The van der Waals surface area contributed by atoms with Gasteiger partial charge in [-0.05, 0) is 47.5 Å². The van der Waals surface area contributed by atoms with Gasteiger partial charge in [0, 0.05) is 5.69 Å². The van der Waals surface area contributed by atoms with E-state index in [4.69, 9.17) is 9.84 Å². The van der Waals surface area contributed by atoms with E-state index in [2.05, 4.69) is 5.32 Å². The molecule has 2 N–H and O–H groups in total. The van der Waals surface area contributed by atoms with Crippen LogP contribution in [-0.2, 0) is 16.1 Å². The minimum atomic E-state index is -0.938. The Kier molecular flexibility index (Phi) is 5.29. The Balaban J connectivity index is 1.63. The van der Waals surface area contributed by atoms with Crippen LogP contribution in [0.1, 0.15) is 22.8 Å². The summed E-state index contributed by atoms with van der Waals surface area (Å²) in [5.74, 6) is -0.990. The summed E-state index contributed by atoms with van der Waals surface area (Å²) in [4.78, 5) is 24.4. The van der Waals surface area contributed by atoms with Gasteiger partial charge in [-0.1, -0.05) is 42.5 Å². The number of benzene rings is 3. The molecule has 0 saturated heterocycles. The van der Waals surface area contributed by atoms with Crippen LogP contribution in [0, 0.1) is 0 Å². The Labute approximate surface area is 151 Å². The average Bonchev–Trinajstić information content (AvgIpc) is 2.67. The molecule has 0 aliphatic carbocycles. The highest BCUT2D eigenvalue weighted by atomic mass is 16.5. The molecule has 0 radical (unpaired) electrons. The summed E-state index contributed by atoms with van der Waals surface area (Å²) in [5, 5.41) is 13.9. The maximum absolute atomic E-state index is 12.3. The number of nitrogens with one attached hydrogen (secondary N) is 1. The van der Waals surface area contributed by atoms with Crippen LogP contribution < -0.4 is 5.32 Å². The lowest BCUT2D eigenvalue weighted by Gasteiger charge is -2.14. The van der Waals surface area contributed by atoms with Gasteiger partial charge in [0.25, 0.3) is 5.91 Å². The second kappa shape index (κ2) is 7.80. The van der Waals surface area contributed by atoms with Crippen molar-refractivity contribution in [2.75, 3.05) is 5.32 Å². The van der Waals surface area contributed by atoms with Crippen LogP contribution >= 0.6 is 0 Å². The van der Waals surface area contributed by atoms with Crippen LogP contribution in [-0.4, -0.2) is 23.1 Å². The molecule has 0 aromatic heterocycles. The van der Waals surface area contributed by atoms with Gasteiger partial charge in [-0.3, -0.25) is 4.79 Å². The van der Waals surface area contributed by atoms with Gasteiger partial charge in [0.05, 0.1) is 12.2 Å². The topological polar surface area (TPSA) is 75.6 Å². The van der Waals surface area contributed by atoms with Crippen molar-refractivity contribution >= 4 is 28.3 Å². The summed E-state index contributed by atoms with van der Waals surface area (Å²) >= 11 is 0. The quantitative estimate of drug-likeness (QED) is 0.691. The minimum Gasteiger partial charge on any atom is -0.449 e. The lowest BCUT2D eigenvalue weighted by molar-refractivity contribution is -0.123. The fraction of sp³-hybridized carbons (Fsp3) is 0.143. The highest BCUT2D eigenvalue weighted by Crippen LogP contribution is 2.19. The number of amides is 1. The highest BCUT2D eigenvalue weighted by molar-refractivity contribution is 5.98. The van der Waals surface area contributed by atoms with Crippen molar-refractivity contribution in [3.63, 3.8) is 0 Å². The van der Waals surface area contributed by atoms with E-state index >= 15 is 0 Å². The van der Waals surface area contributed by atoms with Crippen molar-refractivity contribution in [3.05, 3.63) is 77.9 Å². The molecule has 5 nitrogen and oxygen atoms in total. The standard InChI is InChI=1S/C21H19NO4/c1-14(26-21(25)17-8-6-15(13-23)7-9-17)20(24)22-19-11-10-16-4-2-3-5-18(16)12-19/h2-12,14,23H,13H2,1H3,(H,22,24)/t14-/m1/s1. The summed E-state index contributed by atoms with van der Waals surface area (Å²) in [6, 6.07) is 19.8. The van der Waals surface area contributed by atoms with E-state index < -0.39 is 18.0 Å². The molecule has 3 rings (SSSR count). The molecule has 1 amide bonds. The van der Waals surface area contributed by atoms with Gasteiger partial charge >= 0.3 is 5.97 Å². The minimum absolute atomic E-state index is 0.0973. The number of aliphatic hydroxyl groups excluding tert-OH is 1. The van der Waals surface area contributed by atoms with E-state index in [9.17, 15) is 9.59 Å². The van der Waals surface area contributed by atoms with Crippen LogP contribution in [0.15, 0.2) is 66.7 Å². The number of fused-ring (bicyclic) bond motifs is 1. The average molecular weight is 349 g/mol. The Bertz CT molecular complexity index is 934. The first kappa shape index (κ1) is 17.6. The molecule has 0 bridgehead atoms. The molecule has 3 aromatic carbocycles. The predicted molar refractivity (Wildman–Crippen MR) is 99.8 cm³/mol. The van der Waals surface area contributed by atoms with Gasteiger partial charge in [-0.15, -0.1) is 0 Å². The zero-order valence-corrected chi connectivity index (χ0v) is 14.3. The van der Waals surface area contributed by atoms with Gasteiger partial charge in [-0.25, -0.2) is 4.79 Å². The molecule has 0 heterocycles. The predicted octanol–water partition coefficient (Wildman–Crippen LogP) is 3.52. The smallest absolute Gasteiger partial charge is 0.338 e. The van der Waals surface area contributed by atoms with Crippen molar-refractivity contribution in [3.8, 4) is 0 Å². The molecule has 0 aliphatic heterocycles. The van der Waals surface area contributed by atoms with Crippen LogP contribution in [0.4, 0.5) is 5.69 Å². The molecule has 0 unspecified atom stereocenters. The molecular weight excluding hydrogens is 330 g/mol. The molecule has 132 valence electrons. The normalized spacial score (nSPS) is 11.8. The van der Waals surface area contributed by atoms with E-state index in [0.29, 0.717) is 16.8 Å². The lowest BCUT2D eigenvalue weighted by atomic mass is 10.1. The number of carbonyl (C=O) groups is 2. The Morgan fingerprint density at radius 1 is 1.00 bits per heavy atom. The van der Waals surface area contributed by atoms with Gasteiger partial charge in [0.15, 0.2) is 6.10 Å². The van der Waals surface area contributed by atoms with E-state index in [1.807, 2.05) is 42.5 Å². The van der Waals surface area contributed by atoms with Gasteiger partial charge < -0.3 is 15.2 Å². The third-order valence-electron chi connectivity index (χ3n) is 4.04. The zero-order chi connectivity index (χ0) is 18.5. The fourth-order valence-corrected chi connectivity index (χ4v) is 2.54. The van der Waals surface area contributed by atoms with E-state index in [0.717, 1.165) is 10.8 Å². The van der Waals surface area contributed by atoms with Crippen LogP contribution in [0.2, 0.25) is 0 Å². The molecule has 3 aromatic rings. The molecule has 1 atom stereocenters. The molecule has 0 spiro atoms. The third kappa shape index (κ3) is 4.07. The molecular formula is C21H19NO4. The second-order valence-corrected chi connectivity index (χ2v) is 5.95. The second-order valence-electron chi connectivity index (χ2n) is 5.95. The summed E-state index contributed by atoms with van der Waals surface area (Å²) in [6.45, 7) is 1.43. The summed E-state index contributed by atoms with van der Waals surface area (Å²) in [7, 11) is 0. The number of carbonyl (C=O) groups excluding carboxylic acids is 2. The molecule has 26 heavy (non-hydrogen) atoms. The van der Waals surface area contributed by atoms with E-state index in [1.54, 1.807) is 24.3 Å². The summed E-state index contributed by atoms with van der Waals surface area (Å²) in [6.07, 6.45) is -0.938. The maximum atomic E-state index is 12.3. The Hall–Kier alpha value is -3.18. The Morgan fingerprint density at radius 3 is 2.38 bits per heavy atom. The summed E-state index contributed by atoms with van der Waals surface area (Å²) in [5.41, 5.74) is 1.67. The number of rotatable bonds is 5. The molecule has 0 fully saturated rings. The number of hydrogen-bond acceptors (Lipinski definition) is 4. The lowest BCUT2D eigenvalue weighted by Crippen LogP contribution is -2.30. The van der Waals surface area contributed by atoms with Crippen LogP contribution in [0.25, 0.3) is 10.8 Å². The first-order chi connectivity index (χ1) is 12.6. The largest absolute Gasteiger partial charge is 0.449 e. The number of esters is 1. The number of ether oxygens (including phenoxy) is 1. The van der Waals surface area contributed by atoms with Crippen molar-refractivity contribution in [1.29, 1.82) is 0 Å². The van der Waals surface area contributed by atoms with Crippen molar-refractivity contribution in [2.24, 2.45) is 0 Å². The highest BCUT2D eigenvalue weighted by Gasteiger charge is 2.19. The maximum Gasteiger partial charge on any atom is 0.338 e. The monoisotopic (exact) mass is 349 g/mol. The molecule has 0 aliphatic rings. The Morgan fingerprint density at radius 2 is 1.69 bits per heavy atom. The SMILES string of the molecule is C[C@@H](OC(=O)c1ccc(CO)cc1)C(=O)Nc1ccc2ccccc2c1. The van der Waals surface area contributed by atoms with Crippen molar-refractivity contribution in [2.45, 2.75) is 19.6 Å². The molecule has 0 saturated carbocycles. The molecule has 5 heteroatoms. The first-order valence-electron chi connectivity index (χ1n) is 8.27. The fourth-order valence-electron chi connectivity index (χ4n) is 2.54. The number of hydrogen-bond donors (Lipinski definition) is 2. The van der Waals surface area contributed by atoms with Crippen molar-refractivity contribution in [1.82, 2.24) is 0 Å².